The molecule has 2 N–H and O–H groups in total. The number of carbonyl (C=O) groups is 2. The number of rotatable bonds is 7. The summed E-state index contributed by atoms with van der Waals surface area (Å²) in [6, 6.07) is 4.84. The summed E-state index contributed by atoms with van der Waals surface area (Å²) in [5, 5.41) is 11.9. The summed E-state index contributed by atoms with van der Waals surface area (Å²) in [7, 11) is 0. The zero-order chi connectivity index (χ0) is 15.1. The molecule has 0 heterocycles. The Hall–Kier alpha value is -1.36. The van der Waals surface area contributed by atoms with Crippen LogP contribution in [0.15, 0.2) is 22.7 Å². The lowest BCUT2D eigenvalue weighted by Gasteiger charge is -2.17. The molecular weight excluding hydrogens is 322 g/mol. The molecule has 1 amide bonds. The van der Waals surface area contributed by atoms with Crippen molar-refractivity contribution in [1.29, 1.82) is 0 Å². The molecule has 5 heteroatoms. The molecule has 0 unspecified atom stereocenters. The van der Waals surface area contributed by atoms with Gasteiger partial charge in [-0.05, 0) is 40.9 Å². The number of benzene rings is 1. The van der Waals surface area contributed by atoms with Gasteiger partial charge in [0, 0.05) is 10.4 Å². The number of hydrogen-bond donors (Lipinski definition) is 2. The molecule has 0 aliphatic rings. The Bertz CT molecular complexity index is 482. The van der Waals surface area contributed by atoms with Gasteiger partial charge in [0.1, 0.15) is 0 Å². The van der Waals surface area contributed by atoms with Crippen LogP contribution in [0.25, 0.3) is 0 Å². The molecule has 0 saturated carbocycles. The number of hydrogen-bond acceptors (Lipinski definition) is 2. The van der Waals surface area contributed by atoms with E-state index >= 15 is 0 Å². The van der Waals surface area contributed by atoms with E-state index in [1.54, 1.807) is 12.1 Å². The molecule has 0 atom stereocenters. The molecule has 1 aromatic carbocycles. The molecular formula is C15H20BrNO3. The van der Waals surface area contributed by atoms with Gasteiger partial charge in [-0.2, -0.15) is 0 Å². The van der Waals surface area contributed by atoms with Gasteiger partial charge in [0.05, 0.1) is 11.3 Å². The number of carbonyl (C=O) groups excluding carboxylic acids is 1. The van der Waals surface area contributed by atoms with Crippen LogP contribution in [0.1, 0.15) is 49.9 Å². The van der Waals surface area contributed by atoms with Gasteiger partial charge in [-0.25, -0.2) is 4.79 Å². The van der Waals surface area contributed by atoms with Gasteiger partial charge in [-0.15, -0.1) is 0 Å². The number of amides is 1. The second-order valence-corrected chi connectivity index (χ2v) is 5.59. The van der Waals surface area contributed by atoms with Gasteiger partial charge in [0.15, 0.2) is 0 Å². The minimum absolute atomic E-state index is 0.0706. The molecule has 0 bridgehead atoms. The van der Waals surface area contributed by atoms with Gasteiger partial charge in [0.25, 0.3) is 0 Å². The lowest BCUT2D eigenvalue weighted by Crippen LogP contribution is -2.24. The monoisotopic (exact) mass is 341 g/mol. The van der Waals surface area contributed by atoms with Crippen molar-refractivity contribution < 1.29 is 14.7 Å². The first kappa shape index (κ1) is 16.7. The summed E-state index contributed by atoms with van der Waals surface area (Å²) in [4.78, 5) is 23.5. The third-order valence-electron chi connectivity index (χ3n) is 3.14. The number of para-hydroxylation sites is 1. The van der Waals surface area contributed by atoms with Crippen LogP contribution in [-0.2, 0) is 4.79 Å². The molecule has 0 radical (unpaired) electrons. The van der Waals surface area contributed by atoms with Gasteiger partial charge >= 0.3 is 5.97 Å². The van der Waals surface area contributed by atoms with Crippen LogP contribution in [0.5, 0.6) is 0 Å². The molecule has 0 fully saturated rings. The van der Waals surface area contributed by atoms with E-state index in [4.69, 9.17) is 0 Å². The van der Waals surface area contributed by atoms with Crippen LogP contribution in [0.3, 0.4) is 0 Å². The molecule has 1 rings (SSSR count). The van der Waals surface area contributed by atoms with Gasteiger partial charge in [0.2, 0.25) is 5.91 Å². The number of anilines is 1. The zero-order valence-electron chi connectivity index (χ0n) is 11.8. The predicted octanol–water partition coefficient (Wildman–Crippen LogP) is 4.30. The van der Waals surface area contributed by atoms with Crippen LogP contribution < -0.4 is 5.32 Å². The minimum atomic E-state index is -1.05. The van der Waals surface area contributed by atoms with Crippen LogP contribution in [0.4, 0.5) is 5.69 Å². The van der Waals surface area contributed by atoms with Gasteiger partial charge in [-0.3, -0.25) is 4.79 Å². The molecule has 110 valence electrons. The average Bonchev–Trinajstić information content (AvgIpc) is 2.40. The Morgan fingerprint density at radius 2 is 1.85 bits per heavy atom. The van der Waals surface area contributed by atoms with Crippen LogP contribution >= 0.6 is 15.9 Å². The Balaban J connectivity index is 2.97. The number of halogens is 1. The van der Waals surface area contributed by atoms with Crippen molar-refractivity contribution in [1.82, 2.24) is 0 Å². The lowest BCUT2D eigenvalue weighted by molar-refractivity contribution is -0.120. The number of carboxylic acid groups (broad SMARTS) is 1. The van der Waals surface area contributed by atoms with E-state index in [1.165, 1.54) is 6.07 Å². The molecule has 4 nitrogen and oxygen atoms in total. The molecule has 0 aliphatic heterocycles. The van der Waals surface area contributed by atoms with E-state index < -0.39 is 5.97 Å². The van der Waals surface area contributed by atoms with E-state index in [0.717, 1.165) is 25.7 Å². The zero-order valence-corrected chi connectivity index (χ0v) is 13.4. The maximum Gasteiger partial charge on any atom is 0.337 e. The second-order valence-electron chi connectivity index (χ2n) is 4.73. The van der Waals surface area contributed by atoms with Crippen molar-refractivity contribution in [2.75, 3.05) is 5.32 Å². The summed E-state index contributed by atoms with van der Waals surface area (Å²) in [5.74, 6) is -1.23. The fourth-order valence-electron chi connectivity index (χ4n) is 2.16. The number of carboxylic acids is 1. The first-order valence-electron chi connectivity index (χ1n) is 6.83. The Morgan fingerprint density at radius 1 is 1.25 bits per heavy atom. The summed E-state index contributed by atoms with van der Waals surface area (Å²) in [6.07, 6.45) is 3.48. The largest absolute Gasteiger partial charge is 0.478 e. The Morgan fingerprint density at radius 3 is 2.35 bits per heavy atom. The van der Waals surface area contributed by atoms with E-state index in [2.05, 4.69) is 21.2 Å². The minimum Gasteiger partial charge on any atom is -0.478 e. The normalized spacial score (nSPS) is 10.6. The SMILES string of the molecule is CCCC(CCC)C(=O)Nc1c(Br)cccc1C(=O)O. The summed E-state index contributed by atoms with van der Waals surface area (Å²) >= 11 is 3.29. The molecule has 0 spiro atoms. The first-order valence-corrected chi connectivity index (χ1v) is 7.63. The number of aromatic carboxylic acids is 1. The van der Waals surface area contributed by atoms with Gasteiger partial charge < -0.3 is 10.4 Å². The third kappa shape index (κ3) is 4.34. The third-order valence-corrected chi connectivity index (χ3v) is 3.80. The summed E-state index contributed by atoms with van der Waals surface area (Å²) < 4.78 is 0.581. The van der Waals surface area contributed by atoms with Crippen molar-refractivity contribution in [3.63, 3.8) is 0 Å². The highest BCUT2D eigenvalue weighted by molar-refractivity contribution is 9.10. The maximum absolute atomic E-state index is 12.3. The van der Waals surface area contributed by atoms with Crippen molar-refractivity contribution >= 4 is 33.5 Å². The van der Waals surface area contributed by atoms with Crippen molar-refractivity contribution in [3.8, 4) is 0 Å². The Labute approximate surface area is 127 Å². The fourth-order valence-corrected chi connectivity index (χ4v) is 2.62. The summed E-state index contributed by atoms with van der Waals surface area (Å²) in [5.41, 5.74) is 0.432. The quantitative estimate of drug-likeness (QED) is 0.776. The predicted molar refractivity (Wildman–Crippen MR) is 83.0 cm³/mol. The Kier molecular flexibility index (Phi) is 6.71. The molecule has 0 aromatic heterocycles. The molecule has 0 aliphatic carbocycles. The van der Waals surface area contributed by atoms with E-state index in [9.17, 15) is 14.7 Å². The highest BCUT2D eigenvalue weighted by Gasteiger charge is 2.20. The number of nitrogens with one attached hydrogen (secondary N) is 1. The standard InChI is InChI=1S/C15H20BrNO3/c1-3-6-10(7-4-2)14(18)17-13-11(15(19)20)8-5-9-12(13)16/h5,8-10H,3-4,6-7H2,1-2H3,(H,17,18)(H,19,20). The van der Waals surface area contributed by atoms with E-state index in [-0.39, 0.29) is 17.4 Å². The highest BCUT2D eigenvalue weighted by atomic mass is 79.9. The van der Waals surface area contributed by atoms with Crippen LogP contribution in [-0.4, -0.2) is 17.0 Å². The average molecular weight is 342 g/mol. The summed E-state index contributed by atoms with van der Waals surface area (Å²) in [6.45, 7) is 4.08. The van der Waals surface area contributed by atoms with E-state index in [0.29, 0.717) is 10.2 Å². The maximum atomic E-state index is 12.3. The topological polar surface area (TPSA) is 66.4 Å². The lowest BCUT2D eigenvalue weighted by atomic mass is 9.97. The van der Waals surface area contributed by atoms with Gasteiger partial charge in [-0.1, -0.05) is 32.8 Å². The molecule has 0 saturated heterocycles. The molecule has 1 aromatic rings. The first-order chi connectivity index (χ1) is 9.51. The van der Waals surface area contributed by atoms with Crippen molar-refractivity contribution in [2.45, 2.75) is 39.5 Å². The van der Waals surface area contributed by atoms with E-state index in [1.807, 2.05) is 13.8 Å². The highest BCUT2D eigenvalue weighted by Crippen LogP contribution is 2.28. The van der Waals surface area contributed by atoms with Crippen LogP contribution in [0, 0.1) is 5.92 Å². The van der Waals surface area contributed by atoms with Crippen molar-refractivity contribution in [3.05, 3.63) is 28.2 Å². The van der Waals surface area contributed by atoms with Crippen molar-refractivity contribution in [2.24, 2.45) is 5.92 Å². The van der Waals surface area contributed by atoms with Crippen LogP contribution in [0.2, 0.25) is 0 Å². The second kappa shape index (κ2) is 8.04. The molecule has 20 heavy (non-hydrogen) atoms. The fraction of sp³-hybridized carbons (Fsp3) is 0.467. The smallest absolute Gasteiger partial charge is 0.337 e.